The van der Waals surface area contributed by atoms with Gasteiger partial charge < -0.3 is 5.32 Å². The molecule has 3 aromatic rings. The minimum Gasteiger partial charge on any atom is -0.348 e. The van der Waals surface area contributed by atoms with Crippen molar-refractivity contribution in [2.45, 2.75) is 45.1 Å². The number of benzene rings is 3. The summed E-state index contributed by atoms with van der Waals surface area (Å²) < 4.78 is 28.4. The van der Waals surface area contributed by atoms with Crippen molar-refractivity contribution >= 4 is 21.6 Å². The zero-order chi connectivity index (χ0) is 23.3. The van der Waals surface area contributed by atoms with Crippen LogP contribution in [0, 0.1) is 20.8 Å². The van der Waals surface area contributed by atoms with Crippen molar-refractivity contribution in [3.8, 4) is 0 Å². The van der Waals surface area contributed by atoms with E-state index in [1.807, 2.05) is 70.2 Å². The number of anilines is 1. The third-order valence-corrected chi connectivity index (χ3v) is 7.24. The van der Waals surface area contributed by atoms with Crippen LogP contribution in [0.2, 0.25) is 0 Å². The number of nitrogens with one attached hydrogen (secondary N) is 1. The number of nitrogens with zero attached hydrogens (tertiary/aromatic N) is 1. The molecule has 1 atom stereocenters. The first-order valence-electron chi connectivity index (χ1n) is 10.7. The van der Waals surface area contributed by atoms with Crippen molar-refractivity contribution in [1.29, 1.82) is 0 Å². The molecule has 0 unspecified atom stereocenters. The molecule has 1 amide bonds. The van der Waals surface area contributed by atoms with Gasteiger partial charge in [0.15, 0.2) is 0 Å². The molecule has 6 heteroatoms. The van der Waals surface area contributed by atoms with Gasteiger partial charge in [-0.2, -0.15) is 0 Å². The summed E-state index contributed by atoms with van der Waals surface area (Å²) in [5.41, 5.74) is 4.28. The Balaban J connectivity index is 1.95. The summed E-state index contributed by atoms with van der Waals surface area (Å²) in [6.07, 6.45) is 0.698. The highest BCUT2D eigenvalue weighted by molar-refractivity contribution is 7.92. The standard InChI is InChI=1S/C26H30N2O3S/c1-5-24(22-9-7-6-8-10-22)27-26(29)18-28(25-16-13-20(3)17-21(25)4)32(30,31)23-14-11-19(2)12-15-23/h6-17,24H,5,18H2,1-4H3,(H,27,29)/t24-/m0/s1. The molecule has 0 saturated carbocycles. The van der Waals surface area contributed by atoms with Crippen LogP contribution in [0.15, 0.2) is 77.7 Å². The molecule has 0 bridgehead atoms. The summed E-state index contributed by atoms with van der Waals surface area (Å²) in [4.78, 5) is 13.2. The quantitative estimate of drug-likeness (QED) is 0.521. The normalized spacial score (nSPS) is 12.2. The third-order valence-electron chi connectivity index (χ3n) is 5.46. The van der Waals surface area contributed by atoms with Crippen molar-refractivity contribution in [1.82, 2.24) is 5.32 Å². The van der Waals surface area contributed by atoms with Crippen molar-refractivity contribution in [2.75, 3.05) is 10.8 Å². The fraction of sp³-hybridized carbons (Fsp3) is 0.269. The van der Waals surface area contributed by atoms with E-state index in [1.165, 1.54) is 4.31 Å². The van der Waals surface area contributed by atoms with Gasteiger partial charge in [0.05, 0.1) is 16.6 Å². The van der Waals surface area contributed by atoms with Crippen molar-refractivity contribution in [3.63, 3.8) is 0 Å². The Labute approximate surface area is 191 Å². The number of sulfonamides is 1. The second-order valence-corrected chi connectivity index (χ2v) is 9.92. The van der Waals surface area contributed by atoms with Gasteiger partial charge in [-0.05, 0) is 56.5 Å². The summed E-state index contributed by atoms with van der Waals surface area (Å²) in [5, 5.41) is 3.00. The van der Waals surface area contributed by atoms with E-state index in [0.717, 1.165) is 22.3 Å². The molecule has 5 nitrogen and oxygen atoms in total. The van der Waals surface area contributed by atoms with Crippen LogP contribution in [0.3, 0.4) is 0 Å². The van der Waals surface area contributed by atoms with Gasteiger partial charge in [0, 0.05) is 0 Å². The molecule has 1 N–H and O–H groups in total. The molecule has 0 spiro atoms. The lowest BCUT2D eigenvalue weighted by molar-refractivity contribution is -0.120. The molecule has 0 heterocycles. The van der Waals surface area contributed by atoms with Gasteiger partial charge in [-0.25, -0.2) is 8.42 Å². The van der Waals surface area contributed by atoms with Gasteiger partial charge in [-0.15, -0.1) is 0 Å². The fourth-order valence-electron chi connectivity index (χ4n) is 3.70. The number of carbonyl (C=O) groups is 1. The van der Waals surface area contributed by atoms with Crippen LogP contribution in [0.25, 0.3) is 0 Å². The minimum atomic E-state index is -3.94. The molecule has 0 saturated heterocycles. The molecular formula is C26H30N2O3S. The van der Waals surface area contributed by atoms with E-state index < -0.39 is 10.0 Å². The largest absolute Gasteiger partial charge is 0.348 e. The first-order valence-corrected chi connectivity index (χ1v) is 12.2. The lowest BCUT2D eigenvalue weighted by atomic mass is 10.0. The van der Waals surface area contributed by atoms with E-state index >= 15 is 0 Å². The van der Waals surface area contributed by atoms with Crippen LogP contribution < -0.4 is 9.62 Å². The molecule has 3 rings (SSSR count). The monoisotopic (exact) mass is 450 g/mol. The first kappa shape index (κ1) is 23.5. The zero-order valence-electron chi connectivity index (χ0n) is 19.0. The SMILES string of the molecule is CC[C@H](NC(=O)CN(c1ccc(C)cc1C)S(=O)(=O)c1ccc(C)cc1)c1ccccc1. The molecule has 0 aliphatic rings. The molecule has 32 heavy (non-hydrogen) atoms. The van der Waals surface area contributed by atoms with Gasteiger partial charge in [0.1, 0.15) is 6.54 Å². The summed E-state index contributed by atoms with van der Waals surface area (Å²) in [6.45, 7) is 7.40. The van der Waals surface area contributed by atoms with Gasteiger partial charge in [0.25, 0.3) is 10.0 Å². The van der Waals surface area contributed by atoms with E-state index in [1.54, 1.807) is 30.3 Å². The Kier molecular flexibility index (Phi) is 7.36. The highest BCUT2D eigenvalue weighted by Gasteiger charge is 2.29. The highest BCUT2D eigenvalue weighted by Crippen LogP contribution is 2.28. The zero-order valence-corrected chi connectivity index (χ0v) is 19.8. The second kappa shape index (κ2) is 10.0. The summed E-state index contributed by atoms with van der Waals surface area (Å²) >= 11 is 0. The van der Waals surface area contributed by atoms with Gasteiger partial charge in [0.2, 0.25) is 5.91 Å². The molecule has 168 valence electrons. The minimum absolute atomic E-state index is 0.158. The van der Waals surface area contributed by atoms with Crippen LogP contribution in [0.1, 0.15) is 41.6 Å². The van der Waals surface area contributed by atoms with Crippen LogP contribution in [-0.2, 0) is 14.8 Å². The van der Waals surface area contributed by atoms with E-state index in [-0.39, 0.29) is 23.4 Å². The molecule has 0 aliphatic heterocycles. The van der Waals surface area contributed by atoms with Gasteiger partial charge in [-0.1, -0.05) is 72.6 Å². The van der Waals surface area contributed by atoms with Crippen molar-refractivity contribution in [3.05, 3.63) is 95.1 Å². The van der Waals surface area contributed by atoms with E-state index in [2.05, 4.69) is 5.32 Å². The highest BCUT2D eigenvalue weighted by atomic mass is 32.2. The van der Waals surface area contributed by atoms with Crippen molar-refractivity contribution < 1.29 is 13.2 Å². The van der Waals surface area contributed by atoms with E-state index in [9.17, 15) is 13.2 Å². The van der Waals surface area contributed by atoms with E-state index in [4.69, 9.17) is 0 Å². The Bertz CT molecular complexity index is 1170. The van der Waals surface area contributed by atoms with Crippen LogP contribution >= 0.6 is 0 Å². The summed E-state index contributed by atoms with van der Waals surface area (Å²) in [7, 11) is -3.94. The molecule has 0 fully saturated rings. The van der Waals surface area contributed by atoms with Crippen LogP contribution in [0.5, 0.6) is 0 Å². The van der Waals surface area contributed by atoms with Crippen LogP contribution in [-0.4, -0.2) is 20.9 Å². The Morgan fingerprint density at radius 2 is 1.53 bits per heavy atom. The molecule has 0 radical (unpaired) electrons. The molecule has 0 aromatic heterocycles. The number of amides is 1. The number of hydrogen-bond acceptors (Lipinski definition) is 3. The number of hydrogen-bond donors (Lipinski definition) is 1. The van der Waals surface area contributed by atoms with Gasteiger partial charge >= 0.3 is 0 Å². The average Bonchev–Trinajstić information content (AvgIpc) is 2.77. The second-order valence-electron chi connectivity index (χ2n) is 8.05. The van der Waals surface area contributed by atoms with E-state index in [0.29, 0.717) is 12.1 Å². The molecule has 0 aliphatic carbocycles. The average molecular weight is 451 g/mol. The maximum atomic E-state index is 13.6. The number of aryl methyl sites for hydroxylation is 3. The lowest BCUT2D eigenvalue weighted by Gasteiger charge is -2.27. The third kappa shape index (κ3) is 5.37. The number of carbonyl (C=O) groups excluding carboxylic acids is 1. The number of rotatable bonds is 8. The maximum Gasteiger partial charge on any atom is 0.264 e. The molecular weight excluding hydrogens is 420 g/mol. The first-order chi connectivity index (χ1) is 15.2. The van der Waals surface area contributed by atoms with Crippen molar-refractivity contribution in [2.24, 2.45) is 0 Å². The molecule has 3 aromatic carbocycles. The van der Waals surface area contributed by atoms with Crippen LogP contribution in [0.4, 0.5) is 5.69 Å². The summed E-state index contributed by atoms with van der Waals surface area (Å²) in [6, 6.07) is 21.7. The Morgan fingerprint density at radius 1 is 0.906 bits per heavy atom. The Morgan fingerprint density at radius 3 is 2.12 bits per heavy atom. The topological polar surface area (TPSA) is 66.5 Å². The fourth-order valence-corrected chi connectivity index (χ4v) is 5.18. The predicted molar refractivity (Wildman–Crippen MR) is 129 cm³/mol. The Hall–Kier alpha value is -3.12. The predicted octanol–water partition coefficient (Wildman–Crippen LogP) is 5.07. The maximum absolute atomic E-state index is 13.6. The lowest BCUT2D eigenvalue weighted by Crippen LogP contribution is -2.42. The summed E-state index contributed by atoms with van der Waals surface area (Å²) in [5.74, 6) is -0.351. The smallest absolute Gasteiger partial charge is 0.264 e. The van der Waals surface area contributed by atoms with Gasteiger partial charge in [-0.3, -0.25) is 9.10 Å².